The summed E-state index contributed by atoms with van der Waals surface area (Å²) in [7, 11) is 0. The van der Waals surface area contributed by atoms with Crippen LogP contribution in [0.5, 0.6) is 0 Å². The fraction of sp³-hybridized carbons (Fsp3) is 0.400. The van der Waals surface area contributed by atoms with E-state index in [0.29, 0.717) is 5.15 Å². The van der Waals surface area contributed by atoms with Crippen molar-refractivity contribution >= 4 is 17.4 Å². The quantitative estimate of drug-likeness (QED) is 0.460. The van der Waals surface area contributed by atoms with Crippen LogP contribution in [0, 0.1) is 12.3 Å². The van der Waals surface area contributed by atoms with Crippen molar-refractivity contribution in [2.75, 3.05) is 11.9 Å². The Morgan fingerprint density at radius 1 is 1.43 bits per heavy atom. The topological polar surface area (TPSA) is 37.8 Å². The molecule has 0 saturated carbocycles. The number of halogens is 1. The summed E-state index contributed by atoms with van der Waals surface area (Å²) in [4.78, 5) is 7.80. The van der Waals surface area contributed by atoms with Crippen LogP contribution in [0.4, 0.5) is 5.82 Å². The van der Waals surface area contributed by atoms with E-state index in [1.165, 1.54) is 6.33 Å². The lowest BCUT2D eigenvalue weighted by molar-refractivity contribution is 0.787. The lowest BCUT2D eigenvalue weighted by Gasteiger charge is -2.03. The van der Waals surface area contributed by atoms with Crippen LogP contribution in [-0.4, -0.2) is 16.5 Å². The van der Waals surface area contributed by atoms with Gasteiger partial charge < -0.3 is 5.32 Å². The van der Waals surface area contributed by atoms with Crippen LogP contribution in [0.1, 0.15) is 19.3 Å². The summed E-state index contributed by atoms with van der Waals surface area (Å²) in [6, 6.07) is 1.70. The van der Waals surface area contributed by atoms with Crippen LogP contribution in [0.3, 0.4) is 0 Å². The Hall–Kier alpha value is -1.27. The Labute approximate surface area is 88.9 Å². The third kappa shape index (κ3) is 4.11. The van der Waals surface area contributed by atoms with Gasteiger partial charge >= 0.3 is 0 Å². The highest BCUT2D eigenvalue weighted by Gasteiger charge is 1.94. The molecule has 1 N–H and O–H groups in total. The molecule has 0 aliphatic carbocycles. The van der Waals surface area contributed by atoms with Gasteiger partial charge in [-0.1, -0.05) is 11.6 Å². The highest BCUT2D eigenvalue weighted by Crippen LogP contribution is 2.08. The van der Waals surface area contributed by atoms with E-state index in [0.717, 1.165) is 31.6 Å². The number of nitrogens with zero attached hydrogens (tertiary/aromatic N) is 2. The number of hydrogen-bond acceptors (Lipinski definition) is 3. The Morgan fingerprint density at radius 3 is 3.00 bits per heavy atom. The second-order valence-corrected chi connectivity index (χ2v) is 3.20. The van der Waals surface area contributed by atoms with E-state index in [2.05, 4.69) is 21.2 Å². The molecule has 1 aromatic heterocycles. The van der Waals surface area contributed by atoms with Gasteiger partial charge in [-0.15, -0.1) is 12.3 Å². The van der Waals surface area contributed by atoms with Gasteiger partial charge in [0.1, 0.15) is 17.3 Å². The molecule has 0 radical (unpaired) electrons. The van der Waals surface area contributed by atoms with Crippen molar-refractivity contribution in [1.82, 2.24) is 9.97 Å². The third-order valence-corrected chi connectivity index (χ3v) is 1.89. The van der Waals surface area contributed by atoms with Gasteiger partial charge in [0.15, 0.2) is 0 Å². The van der Waals surface area contributed by atoms with E-state index in [4.69, 9.17) is 18.0 Å². The van der Waals surface area contributed by atoms with E-state index in [1.54, 1.807) is 6.07 Å². The second-order valence-electron chi connectivity index (χ2n) is 2.81. The molecule has 0 spiro atoms. The maximum Gasteiger partial charge on any atom is 0.134 e. The van der Waals surface area contributed by atoms with Crippen molar-refractivity contribution < 1.29 is 0 Å². The number of nitrogens with one attached hydrogen (secondary N) is 1. The van der Waals surface area contributed by atoms with Crippen molar-refractivity contribution in [3.05, 3.63) is 17.5 Å². The normalized spacial score (nSPS) is 9.43. The Bertz CT molecular complexity index is 319. The van der Waals surface area contributed by atoms with Crippen LogP contribution in [0.2, 0.25) is 5.15 Å². The lowest BCUT2D eigenvalue weighted by atomic mass is 10.2. The molecule has 0 aliphatic heterocycles. The summed E-state index contributed by atoms with van der Waals surface area (Å²) in [5, 5.41) is 3.59. The average Bonchev–Trinajstić information content (AvgIpc) is 2.18. The number of rotatable bonds is 5. The largest absolute Gasteiger partial charge is 0.370 e. The van der Waals surface area contributed by atoms with Gasteiger partial charge in [-0.05, 0) is 12.8 Å². The standard InChI is InChI=1S/C10H12ClN3/c1-2-3-4-5-6-12-10-7-9(11)13-8-14-10/h1,7-8H,3-6H2,(H,12,13,14). The van der Waals surface area contributed by atoms with E-state index < -0.39 is 0 Å². The first-order valence-corrected chi connectivity index (χ1v) is 4.85. The summed E-state index contributed by atoms with van der Waals surface area (Å²) in [6.45, 7) is 0.856. The second kappa shape index (κ2) is 6.22. The fourth-order valence-corrected chi connectivity index (χ4v) is 1.15. The first-order valence-electron chi connectivity index (χ1n) is 4.48. The van der Waals surface area contributed by atoms with Crippen LogP contribution in [-0.2, 0) is 0 Å². The summed E-state index contributed by atoms with van der Waals surface area (Å²) in [6.07, 6.45) is 9.46. The van der Waals surface area contributed by atoms with Gasteiger partial charge in [-0.25, -0.2) is 9.97 Å². The third-order valence-electron chi connectivity index (χ3n) is 1.69. The van der Waals surface area contributed by atoms with E-state index >= 15 is 0 Å². The van der Waals surface area contributed by atoms with Crippen molar-refractivity contribution in [2.24, 2.45) is 0 Å². The molecule has 0 saturated heterocycles. The molecular weight excluding hydrogens is 198 g/mol. The van der Waals surface area contributed by atoms with Gasteiger partial charge in [-0.2, -0.15) is 0 Å². The van der Waals surface area contributed by atoms with Crippen LogP contribution in [0.25, 0.3) is 0 Å². The molecule has 3 nitrogen and oxygen atoms in total. The molecule has 0 aliphatic rings. The number of unbranched alkanes of at least 4 members (excludes halogenated alkanes) is 2. The van der Waals surface area contributed by atoms with Gasteiger partial charge in [0, 0.05) is 19.0 Å². The monoisotopic (exact) mass is 209 g/mol. The minimum absolute atomic E-state index is 0.450. The van der Waals surface area contributed by atoms with Crippen molar-refractivity contribution in [3.8, 4) is 12.3 Å². The van der Waals surface area contributed by atoms with Crippen LogP contribution < -0.4 is 5.32 Å². The van der Waals surface area contributed by atoms with Gasteiger partial charge in [0.2, 0.25) is 0 Å². The highest BCUT2D eigenvalue weighted by molar-refractivity contribution is 6.29. The smallest absolute Gasteiger partial charge is 0.134 e. The van der Waals surface area contributed by atoms with Gasteiger partial charge in [0.25, 0.3) is 0 Å². The Kier molecular flexibility index (Phi) is 4.81. The molecular formula is C10H12ClN3. The van der Waals surface area contributed by atoms with Crippen molar-refractivity contribution in [1.29, 1.82) is 0 Å². The van der Waals surface area contributed by atoms with Crippen LogP contribution in [0.15, 0.2) is 12.4 Å². The molecule has 0 bridgehead atoms. The molecule has 0 amide bonds. The van der Waals surface area contributed by atoms with E-state index in [-0.39, 0.29) is 0 Å². The molecule has 0 unspecified atom stereocenters. The first-order chi connectivity index (χ1) is 6.83. The molecule has 0 atom stereocenters. The summed E-state index contributed by atoms with van der Waals surface area (Å²) in [5.41, 5.74) is 0. The number of anilines is 1. The maximum atomic E-state index is 5.69. The van der Waals surface area contributed by atoms with Gasteiger partial charge in [0.05, 0.1) is 0 Å². The Balaban J connectivity index is 2.22. The zero-order valence-corrected chi connectivity index (χ0v) is 8.59. The number of terminal acetylenes is 1. The summed E-state index contributed by atoms with van der Waals surface area (Å²) < 4.78 is 0. The van der Waals surface area contributed by atoms with E-state index in [1.807, 2.05) is 0 Å². The Morgan fingerprint density at radius 2 is 2.29 bits per heavy atom. The first kappa shape index (κ1) is 10.8. The molecule has 74 valence electrons. The van der Waals surface area contributed by atoms with Crippen LogP contribution >= 0.6 is 11.6 Å². The fourth-order valence-electron chi connectivity index (χ4n) is 0.999. The SMILES string of the molecule is C#CCCCCNc1cc(Cl)ncn1. The lowest BCUT2D eigenvalue weighted by Crippen LogP contribution is -2.03. The molecule has 14 heavy (non-hydrogen) atoms. The summed E-state index contributed by atoms with van der Waals surface area (Å²) >= 11 is 5.69. The van der Waals surface area contributed by atoms with Crippen molar-refractivity contribution in [2.45, 2.75) is 19.3 Å². The molecule has 1 aromatic rings. The molecule has 4 heteroatoms. The molecule has 0 fully saturated rings. The minimum Gasteiger partial charge on any atom is -0.370 e. The van der Waals surface area contributed by atoms with Gasteiger partial charge in [-0.3, -0.25) is 0 Å². The highest BCUT2D eigenvalue weighted by atomic mass is 35.5. The predicted octanol–water partition coefficient (Wildman–Crippen LogP) is 2.35. The zero-order chi connectivity index (χ0) is 10.2. The minimum atomic E-state index is 0.450. The molecule has 1 rings (SSSR count). The predicted molar refractivity (Wildman–Crippen MR) is 58.2 cm³/mol. The number of aromatic nitrogens is 2. The molecule has 0 aromatic carbocycles. The maximum absolute atomic E-state index is 5.69. The average molecular weight is 210 g/mol. The van der Waals surface area contributed by atoms with Crippen molar-refractivity contribution in [3.63, 3.8) is 0 Å². The van der Waals surface area contributed by atoms with E-state index in [9.17, 15) is 0 Å². The molecule has 1 heterocycles. The number of hydrogen-bond donors (Lipinski definition) is 1. The summed E-state index contributed by atoms with van der Waals surface area (Å²) in [5.74, 6) is 3.36. The zero-order valence-electron chi connectivity index (χ0n) is 7.83.